The summed E-state index contributed by atoms with van der Waals surface area (Å²) < 4.78 is 8.90. The zero-order valence-electron chi connectivity index (χ0n) is 10.1. The van der Waals surface area contributed by atoms with Crippen LogP contribution in [0.25, 0.3) is 0 Å². The van der Waals surface area contributed by atoms with E-state index < -0.39 is 0 Å². The SMILES string of the molecule is CCn1c[n+](CC)cc1CCC(=O)OC.[Br-]. The predicted molar refractivity (Wildman–Crippen MR) is 56.3 cm³/mol. The molecule has 0 saturated heterocycles. The monoisotopic (exact) mass is 290 g/mol. The normalized spacial score (nSPS) is 9.69. The molecule has 0 aliphatic heterocycles. The van der Waals surface area contributed by atoms with Crippen LogP contribution in [0.15, 0.2) is 12.5 Å². The molecule has 1 heterocycles. The fraction of sp³-hybridized carbons (Fsp3) is 0.636. The first kappa shape index (κ1) is 15.2. The zero-order valence-corrected chi connectivity index (χ0v) is 11.7. The van der Waals surface area contributed by atoms with Crippen molar-refractivity contribution in [3.63, 3.8) is 0 Å². The molecule has 4 nitrogen and oxygen atoms in total. The van der Waals surface area contributed by atoms with Gasteiger partial charge in [-0.05, 0) is 13.8 Å². The van der Waals surface area contributed by atoms with Gasteiger partial charge in [0, 0.05) is 6.42 Å². The predicted octanol–water partition coefficient (Wildman–Crippen LogP) is -2.07. The zero-order chi connectivity index (χ0) is 11.3. The number of esters is 1. The van der Waals surface area contributed by atoms with Crippen molar-refractivity contribution >= 4 is 5.97 Å². The van der Waals surface area contributed by atoms with E-state index in [1.54, 1.807) is 0 Å². The lowest BCUT2D eigenvalue weighted by Crippen LogP contribution is -3.00. The van der Waals surface area contributed by atoms with Crippen molar-refractivity contribution in [2.75, 3.05) is 7.11 Å². The summed E-state index contributed by atoms with van der Waals surface area (Å²) >= 11 is 0. The summed E-state index contributed by atoms with van der Waals surface area (Å²) in [6, 6.07) is 0. The number of aromatic nitrogens is 2. The van der Waals surface area contributed by atoms with Gasteiger partial charge in [-0.2, -0.15) is 0 Å². The number of methoxy groups -OCH3 is 1. The van der Waals surface area contributed by atoms with Gasteiger partial charge in [0.2, 0.25) is 6.33 Å². The van der Waals surface area contributed by atoms with E-state index in [4.69, 9.17) is 0 Å². The van der Waals surface area contributed by atoms with Crippen molar-refractivity contribution in [2.24, 2.45) is 0 Å². The lowest BCUT2D eigenvalue weighted by molar-refractivity contribution is -0.693. The third kappa shape index (κ3) is 3.96. The molecule has 0 N–H and O–H groups in total. The molecule has 5 heteroatoms. The lowest BCUT2D eigenvalue weighted by Gasteiger charge is -1.97. The molecule has 0 saturated carbocycles. The van der Waals surface area contributed by atoms with Crippen molar-refractivity contribution in [3.8, 4) is 0 Å². The molecule has 0 aliphatic rings. The first-order chi connectivity index (χ1) is 7.21. The number of hydrogen-bond donors (Lipinski definition) is 0. The van der Waals surface area contributed by atoms with E-state index >= 15 is 0 Å². The molecule has 0 amide bonds. The van der Waals surface area contributed by atoms with E-state index in [0.29, 0.717) is 6.42 Å². The minimum atomic E-state index is -0.151. The Morgan fingerprint density at radius 3 is 2.69 bits per heavy atom. The van der Waals surface area contributed by atoms with E-state index in [-0.39, 0.29) is 23.0 Å². The Kier molecular flexibility index (Phi) is 7.05. The van der Waals surface area contributed by atoms with Crippen LogP contribution in [0, 0.1) is 0 Å². The number of hydrogen-bond acceptors (Lipinski definition) is 2. The maximum Gasteiger partial charge on any atom is 0.305 e. The number of rotatable bonds is 5. The van der Waals surface area contributed by atoms with Gasteiger partial charge in [0.25, 0.3) is 0 Å². The van der Waals surface area contributed by atoms with Gasteiger partial charge < -0.3 is 21.7 Å². The Labute approximate surface area is 107 Å². The quantitative estimate of drug-likeness (QED) is 0.461. The molecule has 0 aliphatic carbocycles. The summed E-state index contributed by atoms with van der Waals surface area (Å²) in [6.07, 6.45) is 5.36. The topological polar surface area (TPSA) is 35.1 Å². The van der Waals surface area contributed by atoms with Crippen LogP contribution in [0.3, 0.4) is 0 Å². The van der Waals surface area contributed by atoms with E-state index in [1.165, 1.54) is 12.8 Å². The Morgan fingerprint density at radius 2 is 2.19 bits per heavy atom. The van der Waals surface area contributed by atoms with Gasteiger partial charge in [0.15, 0.2) is 0 Å². The highest BCUT2D eigenvalue weighted by atomic mass is 79.9. The molecule has 0 radical (unpaired) electrons. The number of nitrogens with zero attached hydrogens (tertiary/aromatic N) is 2. The molecular formula is C11H19BrN2O2. The van der Waals surface area contributed by atoms with Crippen LogP contribution in [-0.4, -0.2) is 17.6 Å². The summed E-state index contributed by atoms with van der Waals surface area (Å²) in [6.45, 7) is 6.09. The summed E-state index contributed by atoms with van der Waals surface area (Å²) in [7, 11) is 1.42. The number of ether oxygens (including phenoxy) is 1. The van der Waals surface area contributed by atoms with Crippen LogP contribution in [0.5, 0.6) is 0 Å². The van der Waals surface area contributed by atoms with Crippen molar-refractivity contribution in [3.05, 3.63) is 18.2 Å². The Balaban J connectivity index is 0.00000225. The molecule has 0 fully saturated rings. The van der Waals surface area contributed by atoms with E-state index in [1.807, 2.05) is 0 Å². The highest BCUT2D eigenvalue weighted by molar-refractivity contribution is 5.69. The van der Waals surface area contributed by atoms with Gasteiger partial charge in [0.1, 0.15) is 11.9 Å². The van der Waals surface area contributed by atoms with Crippen molar-refractivity contribution in [1.29, 1.82) is 0 Å². The second-order valence-corrected chi connectivity index (χ2v) is 3.43. The molecule has 0 atom stereocenters. The summed E-state index contributed by atoms with van der Waals surface area (Å²) in [5.41, 5.74) is 1.18. The summed E-state index contributed by atoms with van der Waals surface area (Å²) in [5, 5.41) is 0. The average Bonchev–Trinajstić information content (AvgIpc) is 2.68. The Morgan fingerprint density at radius 1 is 1.50 bits per heavy atom. The first-order valence-electron chi connectivity index (χ1n) is 5.36. The minimum absolute atomic E-state index is 0. The fourth-order valence-electron chi connectivity index (χ4n) is 1.55. The highest BCUT2D eigenvalue weighted by Gasteiger charge is 2.12. The van der Waals surface area contributed by atoms with Gasteiger partial charge >= 0.3 is 5.97 Å². The average molecular weight is 291 g/mol. The molecule has 0 aromatic carbocycles. The molecule has 0 spiro atoms. The fourth-order valence-corrected chi connectivity index (χ4v) is 1.55. The van der Waals surface area contributed by atoms with Crippen LogP contribution in [0.1, 0.15) is 26.0 Å². The van der Waals surface area contributed by atoms with Gasteiger partial charge in [-0.15, -0.1) is 0 Å². The Hall–Kier alpha value is -0.840. The third-order valence-electron chi connectivity index (χ3n) is 2.49. The van der Waals surface area contributed by atoms with Crippen LogP contribution >= 0.6 is 0 Å². The number of carbonyl (C=O) groups is 1. The molecule has 92 valence electrons. The van der Waals surface area contributed by atoms with E-state index in [2.05, 4.69) is 40.2 Å². The van der Waals surface area contributed by atoms with Gasteiger partial charge in [-0.3, -0.25) is 4.79 Å². The second kappa shape index (κ2) is 7.44. The smallest absolute Gasteiger partial charge is 0.305 e. The largest absolute Gasteiger partial charge is 1.00 e. The second-order valence-electron chi connectivity index (χ2n) is 3.43. The van der Waals surface area contributed by atoms with Crippen molar-refractivity contribution in [2.45, 2.75) is 39.8 Å². The van der Waals surface area contributed by atoms with E-state index in [0.717, 1.165) is 19.5 Å². The minimum Gasteiger partial charge on any atom is -1.00 e. The van der Waals surface area contributed by atoms with Crippen LogP contribution < -0.4 is 21.5 Å². The van der Waals surface area contributed by atoms with Crippen molar-refractivity contribution in [1.82, 2.24) is 4.57 Å². The highest BCUT2D eigenvalue weighted by Crippen LogP contribution is 2.02. The standard InChI is InChI=1S/C11H19N2O2.BrH/c1-4-12-8-10(13(5-2)9-12)6-7-11(14)15-3;/h8-9H,4-7H2,1-3H3;1H/q+1;/p-1. The Bertz CT molecular complexity index is 337. The number of halogens is 1. The van der Waals surface area contributed by atoms with Crippen molar-refractivity contribution < 1.29 is 31.1 Å². The molecular weight excluding hydrogens is 272 g/mol. The van der Waals surface area contributed by atoms with Crippen LogP contribution in [0.4, 0.5) is 0 Å². The number of carbonyl (C=O) groups excluding carboxylic acids is 1. The van der Waals surface area contributed by atoms with Gasteiger partial charge in [-0.1, -0.05) is 0 Å². The van der Waals surface area contributed by atoms with Gasteiger partial charge in [0.05, 0.1) is 26.6 Å². The van der Waals surface area contributed by atoms with Crippen LogP contribution in [0.2, 0.25) is 0 Å². The first-order valence-corrected chi connectivity index (χ1v) is 5.36. The lowest BCUT2D eigenvalue weighted by atomic mass is 10.2. The molecule has 0 unspecified atom stereocenters. The number of aryl methyl sites for hydroxylation is 3. The van der Waals surface area contributed by atoms with Gasteiger partial charge in [-0.25, -0.2) is 9.13 Å². The molecule has 1 aromatic rings. The molecule has 1 rings (SSSR count). The summed E-state index contributed by atoms with van der Waals surface area (Å²) in [4.78, 5) is 11.0. The van der Waals surface area contributed by atoms with Crippen LogP contribution in [-0.2, 0) is 29.0 Å². The maximum absolute atomic E-state index is 11.0. The number of imidazole rings is 1. The summed E-state index contributed by atoms with van der Waals surface area (Å²) in [5.74, 6) is -0.151. The van der Waals surface area contributed by atoms with E-state index in [9.17, 15) is 4.79 Å². The maximum atomic E-state index is 11.0. The molecule has 0 bridgehead atoms. The molecule has 16 heavy (non-hydrogen) atoms. The molecule has 1 aromatic heterocycles. The third-order valence-corrected chi connectivity index (χ3v) is 2.49.